The molecule has 0 saturated heterocycles. The lowest BCUT2D eigenvalue weighted by Crippen LogP contribution is -2.37. The third-order valence-corrected chi connectivity index (χ3v) is 3.14. The van der Waals surface area contributed by atoms with Gasteiger partial charge in [0.15, 0.2) is 0 Å². The fourth-order valence-corrected chi connectivity index (χ4v) is 2.02. The molecule has 0 fully saturated rings. The fraction of sp³-hybridized carbons (Fsp3) is 0.125. The third kappa shape index (κ3) is 4.09. The van der Waals surface area contributed by atoms with Crippen molar-refractivity contribution >= 4 is 11.8 Å². The lowest BCUT2D eigenvalue weighted by molar-refractivity contribution is -0.137. The summed E-state index contributed by atoms with van der Waals surface area (Å²) in [7, 11) is 0. The van der Waals surface area contributed by atoms with Crippen LogP contribution in [0.1, 0.15) is 27.5 Å². The highest BCUT2D eigenvalue weighted by molar-refractivity contribution is 5.97. The predicted octanol–water partition coefficient (Wildman–Crippen LogP) is 2.66. The van der Waals surface area contributed by atoms with Crippen LogP contribution in [-0.4, -0.2) is 11.8 Å². The van der Waals surface area contributed by atoms with Crippen LogP contribution in [0.25, 0.3) is 0 Å². The van der Waals surface area contributed by atoms with Gasteiger partial charge in [0.25, 0.3) is 5.91 Å². The lowest BCUT2D eigenvalue weighted by atomic mass is 10.0. The molecule has 1 unspecified atom stereocenters. The number of carbonyl (C=O) groups is 2. The molecule has 2 aromatic carbocycles. The molecular formula is C16H13F3N2O2. The Kier molecular flexibility index (Phi) is 4.68. The summed E-state index contributed by atoms with van der Waals surface area (Å²) in [6.45, 7) is 0. The van der Waals surface area contributed by atoms with Gasteiger partial charge >= 0.3 is 6.18 Å². The number of benzene rings is 2. The van der Waals surface area contributed by atoms with Crippen molar-refractivity contribution in [3.8, 4) is 0 Å². The molecule has 2 rings (SSSR count). The van der Waals surface area contributed by atoms with Crippen molar-refractivity contribution in [1.29, 1.82) is 0 Å². The van der Waals surface area contributed by atoms with Crippen molar-refractivity contribution in [3.63, 3.8) is 0 Å². The van der Waals surface area contributed by atoms with Crippen molar-refractivity contribution in [2.75, 3.05) is 0 Å². The molecule has 2 amide bonds. The van der Waals surface area contributed by atoms with Crippen molar-refractivity contribution in [1.82, 2.24) is 5.32 Å². The molecule has 4 nitrogen and oxygen atoms in total. The molecule has 0 aliphatic carbocycles. The minimum atomic E-state index is -4.56. The average molecular weight is 322 g/mol. The number of primary amides is 1. The number of hydrogen-bond acceptors (Lipinski definition) is 2. The van der Waals surface area contributed by atoms with Crippen LogP contribution in [0.15, 0.2) is 54.6 Å². The van der Waals surface area contributed by atoms with Crippen LogP contribution in [0.3, 0.4) is 0 Å². The first kappa shape index (κ1) is 16.5. The second-order valence-corrected chi connectivity index (χ2v) is 4.80. The van der Waals surface area contributed by atoms with Crippen molar-refractivity contribution < 1.29 is 22.8 Å². The number of nitrogens with one attached hydrogen (secondary N) is 1. The number of halogens is 3. The molecule has 7 heteroatoms. The van der Waals surface area contributed by atoms with E-state index in [1.807, 2.05) is 0 Å². The average Bonchev–Trinajstić information content (AvgIpc) is 2.52. The zero-order valence-corrected chi connectivity index (χ0v) is 11.8. The summed E-state index contributed by atoms with van der Waals surface area (Å²) in [5.74, 6) is -1.62. The topological polar surface area (TPSA) is 72.2 Å². The van der Waals surface area contributed by atoms with E-state index in [9.17, 15) is 22.8 Å². The van der Waals surface area contributed by atoms with E-state index in [-0.39, 0.29) is 5.56 Å². The van der Waals surface area contributed by atoms with Crippen LogP contribution in [0.5, 0.6) is 0 Å². The molecule has 120 valence electrons. The van der Waals surface area contributed by atoms with Gasteiger partial charge in [-0.05, 0) is 23.8 Å². The van der Waals surface area contributed by atoms with Gasteiger partial charge in [-0.2, -0.15) is 13.2 Å². The van der Waals surface area contributed by atoms with E-state index in [1.165, 1.54) is 6.07 Å². The number of carbonyl (C=O) groups excluding carboxylic acids is 2. The normalized spacial score (nSPS) is 12.5. The van der Waals surface area contributed by atoms with Gasteiger partial charge in [-0.1, -0.05) is 36.4 Å². The van der Waals surface area contributed by atoms with E-state index in [2.05, 4.69) is 5.32 Å². The van der Waals surface area contributed by atoms with Gasteiger partial charge in [0.2, 0.25) is 5.91 Å². The lowest BCUT2D eigenvalue weighted by Gasteiger charge is -2.16. The molecule has 0 aliphatic heterocycles. The Hall–Kier alpha value is -2.83. The summed E-state index contributed by atoms with van der Waals surface area (Å²) in [6, 6.07) is 11.0. The van der Waals surface area contributed by atoms with Gasteiger partial charge in [0, 0.05) is 5.56 Å². The molecule has 0 radical (unpaired) electrons. The maximum Gasteiger partial charge on any atom is 0.416 e. The van der Waals surface area contributed by atoms with E-state index in [4.69, 9.17) is 5.73 Å². The summed E-state index contributed by atoms with van der Waals surface area (Å²) in [5.41, 5.74) is 4.55. The zero-order valence-electron chi connectivity index (χ0n) is 11.8. The second kappa shape index (κ2) is 6.51. The fourth-order valence-electron chi connectivity index (χ4n) is 2.02. The van der Waals surface area contributed by atoms with E-state index in [0.29, 0.717) is 5.56 Å². The first-order valence-corrected chi connectivity index (χ1v) is 6.61. The summed E-state index contributed by atoms with van der Waals surface area (Å²) in [6.07, 6.45) is -4.56. The van der Waals surface area contributed by atoms with Crippen LogP contribution >= 0.6 is 0 Å². The standard InChI is InChI=1S/C16H13F3N2O2/c17-16(18,19)12-8-4-7-11(9-12)15(23)21-13(14(20)22)10-5-2-1-3-6-10/h1-9,13H,(H2,20,22)(H,21,23). The number of rotatable bonds is 4. The molecular weight excluding hydrogens is 309 g/mol. The number of amides is 2. The quantitative estimate of drug-likeness (QED) is 0.908. The highest BCUT2D eigenvalue weighted by Gasteiger charge is 2.31. The maximum absolute atomic E-state index is 12.7. The van der Waals surface area contributed by atoms with Crippen LogP contribution in [0, 0.1) is 0 Å². The second-order valence-electron chi connectivity index (χ2n) is 4.80. The van der Waals surface area contributed by atoms with Crippen LogP contribution in [-0.2, 0) is 11.0 Å². The SMILES string of the molecule is NC(=O)C(NC(=O)c1cccc(C(F)(F)F)c1)c1ccccc1. The minimum absolute atomic E-state index is 0.206. The highest BCUT2D eigenvalue weighted by Crippen LogP contribution is 2.29. The number of hydrogen-bond donors (Lipinski definition) is 2. The van der Waals surface area contributed by atoms with E-state index in [1.54, 1.807) is 30.3 Å². The molecule has 1 atom stereocenters. The van der Waals surface area contributed by atoms with Crippen LogP contribution in [0.4, 0.5) is 13.2 Å². The summed E-state index contributed by atoms with van der Waals surface area (Å²) in [5, 5.41) is 2.35. The van der Waals surface area contributed by atoms with E-state index >= 15 is 0 Å². The monoisotopic (exact) mass is 322 g/mol. The van der Waals surface area contributed by atoms with Crippen LogP contribution < -0.4 is 11.1 Å². The molecule has 23 heavy (non-hydrogen) atoms. The Morgan fingerprint density at radius 3 is 2.22 bits per heavy atom. The van der Waals surface area contributed by atoms with Crippen molar-refractivity contribution in [2.24, 2.45) is 5.73 Å². The smallest absolute Gasteiger partial charge is 0.368 e. The Morgan fingerprint density at radius 2 is 1.65 bits per heavy atom. The summed E-state index contributed by atoms with van der Waals surface area (Å²) in [4.78, 5) is 23.6. The van der Waals surface area contributed by atoms with Crippen LogP contribution in [0.2, 0.25) is 0 Å². The summed E-state index contributed by atoms with van der Waals surface area (Å²) < 4.78 is 38.0. The molecule has 0 aromatic heterocycles. The van der Waals surface area contributed by atoms with Crippen molar-refractivity contribution in [2.45, 2.75) is 12.2 Å². The molecule has 0 aliphatic rings. The first-order chi connectivity index (χ1) is 10.8. The zero-order chi connectivity index (χ0) is 17.0. The first-order valence-electron chi connectivity index (χ1n) is 6.61. The van der Waals surface area contributed by atoms with Crippen molar-refractivity contribution in [3.05, 3.63) is 71.3 Å². The molecule has 0 saturated carbocycles. The third-order valence-electron chi connectivity index (χ3n) is 3.14. The molecule has 0 heterocycles. The van der Waals surface area contributed by atoms with Gasteiger partial charge in [-0.15, -0.1) is 0 Å². The predicted molar refractivity (Wildman–Crippen MR) is 77.3 cm³/mol. The largest absolute Gasteiger partial charge is 0.416 e. The van der Waals surface area contributed by atoms with Gasteiger partial charge in [0.1, 0.15) is 6.04 Å². The maximum atomic E-state index is 12.7. The molecule has 0 spiro atoms. The summed E-state index contributed by atoms with van der Waals surface area (Å²) >= 11 is 0. The Morgan fingerprint density at radius 1 is 1.00 bits per heavy atom. The van der Waals surface area contributed by atoms with Gasteiger partial charge in [-0.25, -0.2) is 0 Å². The molecule has 0 bridgehead atoms. The van der Waals surface area contributed by atoms with Gasteiger partial charge in [0.05, 0.1) is 5.56 Å². The van der Waals surface area contributed by atoms with Gasteiger partial charge < -0.3 is 11.1 Å². The van der Waals surface area contributed by atoms with E-state index < -0.39 is 29.6 Å². The Labute approximate surface area is 130 Å². The highest BCUT2D eigenvalue weighted by atomic mass is 19.4. The molecule has 2 aromatic rings. The number of alkyl halides is 3. The Bertz CT molecular complexity index is 715. The van der Waals surface area contributed by atoms with E-state index in [0.717, 1.165) is 18.2 Å². The molecule has 3 N–H and O–H groups in total. The van der Waals surface area contributed by atoms with Gasteiger partial charge in [-0.3, -0.25) is 9.59 Å². The number of nitrogens with two attached hydrogens (primary N) is 1. The minimum Gasteiger partial charge on any atom is -0.368 e. The Balaban J connectivity index is 2.25.